The summed E-state index contributed by atoms with van der Waals surface area (Å²) in [4.78, 5) is 13.1. The van der Waals surface area contributed by atoms with Crippen molar-refractivity contribution in [3.8, 4) is 17.3 Å². The van der Waals surface area contributed by atoms with Crippen LogP contribution in [-0.2, 0) is 10.0 Å². The van der Waals surface area contributed by atoms with Crippen molar-refractivity contribution in [3.63, 3.8) is 0 Å². The lowest BCUT2D eigenvalue weighted by Crippen LogP contribution is -2.21. The normalized spacial score (nSPS) is 12.3. The molecule has 0 spiro atoms. The largest absolute Gasteiger partial charge is 0.491 e. The maximum absolute atomic E-state index is 13.2. The first-order valence-corrected chi connectivity index (χ1v) is 11.3. The Morgan fingerprint density at radius 2 is 1.35 bits per heavy atom. The van der Waals surface area contributed by atoms with Crippen LogP contribution in [-0.4, -0.2) is 28.6 Å². The highest BCUT2D eigenvalue weighted by atomic mass is 32.2. The van der Waals surface area contributed by atoms with Gasteiger partial charge in [0.25, 0.3) is 16.0 Å². The molecule has 0 unspecified atom stereocenters. The lowest BCUT2D eigenvalue weighted by atomic mass is 10.3. The first kappa shape index (κ1) is 22.5. The minimum atomic E-state index is -4.18. The van der Waals surface area contributed by atoms with Gasteiger partial charge in [0.1, 0.15) is 0 Å². The van der Waals surface area contributed by atoms with E-state index in [1.54, 1.807) is 60.7 Å². The SMILES string of the molecule is NC(/N=N/c1c(O)n(-c2ccccc2)c(=O)n1-c1ccccc1)=N\S(=O)(=O)c1ccc(N)cc1. The molecule has 0 aliphatic rings. The monoisotopic (exact) mass is 477 g/mol. The van der Waals surface area contributed by atoms with Gasteiger partial charge in [-0.15, -0.1) is 14.6 Å². The summed E-state index contributed by atoms with van der Waals surface area (Å²) in [5, 5.41) is 18.3. The van der Waals surface area contributed by atoms with Crippen LogP contribution < -0.4 is 17.2 Å². The number of nitrogens with two attached hydrogens (primary N) is 2. The Labute approximate surface area is 194 Å². The van der Waals surface area contributed by atoms with Gasteiger partial charge in [-0.3, -0.25) is 0 Å². The molecule has 12 heteroatoms. The van der Waals surface area contributed by atoms with E-state index in [2.05, 4.69) is 14.6 Å². The van der Waals surface area contributed by atoms with Gasteiger partial charge in [-0.2, -0.15) is 8.42 Å². The van der Waals surface area contributed by atoms with Gasteiger partial charge < -0.3 is 16.6 Å². The number of guanidine groups is 1. The summed E-state index contributed by atoms with van der Waals surface area (Å²) >= 11 is 0. The second-order valence-corrected chi connectivity index (χ2v) is 8.57. The number of benzene rings is 3. The van der Waals surface area contributed by atoms with Crippen LogP contribution in [0.3, 0.4) is 0 Å². The molecular formula is C22H19N7O4S. The van der Waals surface area contributed by atoms with Crippen molar-refractivity contribution in [3.05, 3.63) is 95.4 Å². The zero-order chi connectivity index (χ0) is 24.3. The smallest absolute Gasteiger partial charge is 0.342 e. The number of para-hydroxylation sites is 2. The highest BCUT2D eigenvalue weighted by molar-refractivity contribution is 7.90. The van der Waals surface area contributed by atoms with E-state index >= 15 is 0 Å². The third-order valence-corrected chi connectivity index (χ3v) is 5.97. The van der Waals surface area contributed by atoms with E-state index in [1.807, 2.05) is 0 Å². The zero-order valence-electron chi connectivity index (χ0n) is 17.6. The lowest BCUT2D eigenvalue weighted by molar-refractivity contribution is 0.442. The minimum Gasteiger partial charge on any atom is -0.491 e. The summed E-state index contributed by atoms with van der Waals surface area (Å²) in [5.41, 5.74) is 11.8. The van der Waals surface area contributed by atoms with E-state index in [-0.39, 0.29) is 10.7 Å². The van der Waals surface area contributed by atoms with E-state index < -0.39 is 27.6 Å². The molecule has 0 aliphatic carbocycles. The Bertz CT molecular complexity index is 1540. The van der Waals surface area contributed by atoms with Crippen LogP contribution in [0.15, 0.2) is 109 Å². The molecule has 1 aromatic heterocycles. The standard InChI is InChI=1S/C22H19N7O4S/c23-15-11-13-18(14-12-15)34(32,33)27-21(24)26-25-19-20(30)29(17-9-5-2-6-10-17)22(31)28(19)16-7-3-1-4-8-16/h1-14,30H,23H2,(H2,24,27)/b26-25+. The molecule has 0 atom stereocenters. The van der Waals surface area contributed by atoms with E-state index in [0.29, 0.717) is 17.1 Å². The molecule has 0 radical (unpaired) electrons. The number of sulfonamides is 1. The Morgan fingerprint density at radius 1 is 0.824 bits per heavy atom. The van der Waals surface area contributed by atoms with Crippen LogP contribution in [0.4, 0.5) is 11.5 Å². The van der Waals surface area contributed by atoms with Crippen molar-refractivity contribution in [1.82, 2.24) is 9.13 Å². The van der Waals surface area contributed by atoms with Gasteiger partial charge in [-0.1, -0.05) is 36.4 Å². The average molecular weight is 478 g/mol. The molecule has 0 aliphatic heterocycles. The molecule has 0 bridgehead atoms. The Kier molecular flexibility index (Phi) is 5.97. The van der Waals surface area contributed by atoms with Crippen molar-refractivity contribution in [2.45, 2.75) is 4.90 Å². The number of anilines is 1. The Hall–Kier alpha value is -4.71. The summed E-state index contributed by atoms with van der Waals surface area (Å²) < 4.78 is 30.5. The number of aromatic nitrogens is 2. The average Bonchev–Trinajstić information content (AvgIpc) is 3.08. The quantitative estimate of drug-likeness (QED) is 0.173. The fraction of sp³-hybridized carbons (Fsp3) is 0. The van der Waals surface area contributed by atoms with Gasteiger partial charge in [-0.05, 0) is 48.5 Å². The van der Waals surface area contributed by atoms with E-state index in [0.717, 1.165) is 9.13 Å². The molecule has 4 rings (SSSR count). The fourth-order valence-corrected chi connectivity index (χ4v) is 3.99. The number of nitrogens with zero attached hydrogens (tertiary/aromatic N) is 5. The zero-order valence-corrected chi connectivity index (χ0v) is 18.4. The molecular weight excluding hydrogens is 458 g/mol. The van der Waals surface area contributed by atoms with Crippen molar-refractivity contribution < 1.29 is 13.5 Å². The van der Waals surface area contributed by atoms with Gasteiger partial charge in [0, 0.05) is 5.69 Å². The van der Waals surface area contributed by atoms with Crippen molar-refractivity contribution in [2.75, 3.05) is 5.73 Å². The predicted molar refractivity (Wildman–Crippen MR) is 127 cm³/mol. The number of rotatable bonds is 5. The Morgan fingerprint density at radius 3 is 1.91 bits per heavy atom. The summed E-state index contributed by atoms with van der Waals surface area (Å²) in [6, 6.07) is 22.2. The van der Waals surface area contributed by atoms with Crippen molar-refractivity contribution in [1.29, 1.82) is 0 Å². The molecule has 5 N–H and O–H groups in total. The van der Waals surface area contributed by atoms with Crippen LogP contribution in [0.2, 0.25) is 0 Å². The van der Waals surface area contributed by atoms with Crippen LogP contribution in [0.25, 0.3) is 11.4 Å². The van der Waals surface area contributed by atoms with Gasteiger partial charge in [-0.25, -0.2) is 13.9 Å². The van der Waals surface area contributed by atoms with Crippen molar-refractivity contribution >= 4 is 27.5 Å². The molecule has 0 saturated heterocycles. The topological polar surface area (TPSA) is 170 Å². The van der Waals surface area contributed by atoms with E-state index in [4.69, 9.17) is 11.5 Å². The maximum Gasteiger partial charge on any atom is 0.342 e. The molecule has 34 heavy (non-hydrogen) atoms. The third-order valence-electron chi connectivity index (χ3n) is 4.67. The molecule has 3 aromatic carbocycles. The molecule has 4 aromatic rings. The second kappa shape index (κ2) is 9.03. The number of hydrogen-bond acceptors (Lipinski definition) is 6. The van der Waals surface area contributed by atoms with Gasteiger partial charge in [0.2, 0.25) is 11.7 Å². The number of imidazole rings is 1. The lowest BCUT2D eigenvalue weighted by Gasteiger charge is -2.02. The van der Waals surface area contributed by atoms with Crippen molar-refractivity contribution in [2.24, 2.45) is 20.4 Å². The molecule has 1 heterocycles. The summed E-state index contributed by atoms with van der Waals surface area (Å²) in [5.74, 6) is -1.48. The van der Waals surface area contributed by atoms with Crippen LogP contribution in [0.5, 0.6) is 5.88 Å². The predicted octanol–water partition coefficient (Wildman–Crippen LogP) is 2.70. The minimum absolute atomic E-state index is 0.140. The third kappa shape index (κ3) is 4.42. The fourth-order valence-electron chi connectivity index (χ4n) is 3.12. The molecule has 11 nitrogen and oxygen atoms in total. The maximum atomic E-state index is 13.2. The van der Waals surface area contributed by atoms with Gasteiger partial charge in [0.15, 0.2) is 0 Å². The van der Waals surface area contributed by atoms with E-state index in [9.17, 15) is 18.3 Å². The molecule has 0 fully saturated rings. The van der Waals surface area contributed by atoms with Gasteiger partial charge in [0.05, 0.1) is 16.3 Å². The second-order valence-electron chi connectivity index (χ2n) is 6.97. The van der Waals surface area contributed by atoms with Crippen LogP contribution in [0.1, 0.15) is 0 Å². The summed E-state index contributed by atoms with van der Waals surface area (Å²) in [6.45, 7) is 0. The Balaban J connectivity index is 1.80. The molecule has 172 valence electrons. The highest BCUT2D eigenvalue weighted by Gasteiger charge is 2.22. The highest BCUT2D eigenvalue weighted by Crippen LogP contribution is 2.30. The van der Waals surface area contributed by atoms with E-state index in [1.165, 1.54) is 24.3 Å². The number of aromatic hydroxyl groups is 1. The number of hydrogen-bond donors (Lipinski definition) is 3. The van der Waals surface area contributed by atoms with Crippen LogP contribution >= 0.6 is 0 Å². The first-order chi connectivity index (χ1) is 16.3. The molecule has 0 amide bonds. The summed E-state index contributed by atoms with van der Waals surface area (Å²) in [6.07, 6.45) is 0. The van der Waals surface area contributed by atoms with Gasteiger partial charge >= 0.3 is 5.69 Å². The number of azo groups is 1. The van der Waals surface area contributed by atoms with Crippen LogP contribution in [0, 0.1) is 0 Å². The molecule has 0 saturated carbocycles. The summed E-state index contributed by atoms with van der Waals surface area (Å²) in [7, 11) is -4.18. The number of nitrogen functional groups attached to an aromatic ring is 1. The first-order valence-electron chi connectivity index (χ1n) is 9.83.